The first-order chi connectivity index (χ1) is 3.63. The maximum Gasteiger partial charge on any atom is 0.0575 e. The van der Waals surface area contributed by atoms with Crippen LogP contribution >= 0.6 is 0 Å². The lowest BCUT2D eigenvalue weighted by atomic mass is 10.5. The average Bonchev–Trinajstić information content (AvgIpc) is 1.61. The van der Waals surface area contributed by atoms with Crippen molar-refractivity contribution in [2.45, 2.75) is 20.0 Å². The van der Waals surface area contributed by atoms with Gasteiger partial charge in [0.1, 0.15) is 0 Å². The second kappa shape index (κ2) is 3.50. The molecule has 0 heterocycles. The third-order valence-electron chi connectivity index (χ3n) is 0.578. The van der Waals surface area contributed by atoms with Crippen LogP contribution in [0.2, 0.25) is 0 Å². The molecule has 0 aromatic carbocycles. The molecular formula is C6H11O2-. The summed E-state index contributed by atoms with van der Waals surface area (Å²) in [6.45, 7) is 7.04. The van der Waals surface area contributed by atoms with Crippen LogP contribution in [0.5, 0.6) is 0 Å². The van der Waals surface area contributed by atoms with E-state index in [0.29, 0.717) is 0 Å². The van der Waals surface area contributed by atoms with Gasteiger partial charge in [0, 0.05) is 0 Å². The van der Waals surface area contributed by atoms with Crippen LogP contribution in [0, 0.1) is 0 Å². The molecule has 0 saturated carbocycles. The first-order valence-corrected chi connectivity index (χ1v) is 2.59. The first kappa shape index (κ1) is 7.50. The van der Waals surface area contributed by atoms with Gasteiger partial charge in [-0.15, -0.1) is 12.3 Å². The van der Waals surface area contributed by atoms with Gasteiger partial charge in [-0.2, -0.15) is 0 Å². The van der Waals surface area contributed by atoms with Crippen LogP contribution in [-0.2, 0) is 4.74 Å². The highest BCUT2D eigenvalue weighted by atomic mass is 16.5. The van der Waals surface area contributed by atoms with Crippen LogP contribution in [0.1, 0.15) is 13.8 Å². The van der Waals surface area contributed by atoms with Crippen LogP contribution in [0.3, 0.4) is 0 Å². The molecule has 0 bridgehead atoms. The Hall–Kier alpha value is -0.500. The highest BCUT2D eigenvalue weighted by Gasteiger charge is 1.87. The molecule has 0 fully saturated rings. The summed E-state index contributed by atoms with van der Waals surface area (Å²) in [6, 6.07) is 0. The smallest absolute Gasteiger partial charge is 0.0575 e. The summed E-state index contributed by atoms with van der Waals surface area (Å²) in [5.74, 6) is -0.168. The maximum absolute atomic E-state index is 10.1. The molecular weight excluding hydrogens is 104 g/mol. The molecule has 0 amide bonds. The van der Waals surface area contributed by atoms with Gasteiger partial charge < -0.3 is 9.84 Å². The summed E-state index contributed by atoms with van der Waals surface area (Å²) in [6.07, 6.45) is 0.126. The zero-order valence-corrected chi connectivity index (χ0v) is 5.31. The van der Waals surface area contributed by atoms with Crippen molar-refractivity contribution in [3.8, 4) is 0 Å². The Morgan fingerprint density at radius 2 is 2.25 bits per heavy atom. The van der Waals surface area contributed by atoms with Gasteiger partial charge in [0.25, 0.3) is 0 Å². The molecule has 0 aliphatic carbocycles. The minimum atomic E-state index is -0.168. The predicted molar refractivity (Wildman–Crippen MR) is 30.2 cm³/mol. The molecule has 0 unspecified atom stereocenters. The standard InChI is InChI=1S/C6H12O2/c1-5(2)8-4-6(3)7/h5,7H,3-4H2,1-2H3/p-1. The van der Waals surface area contributed by atoms with E-state index in [-0.39, 0.29) is 18.5 Å². The van der Waals surface area contributed by atoms with Crippen LogP contribution in [-0.4, -0.2) is 12.7 Å². The first-order valence-electron chi connectivity index (χ1n) is 2.59. The highest BCUT2D eigenvalue weighted by molar-refractivity contribution is 4.75. The Morgan fingerprint density at radius 1 is 1.75 bits per heavy atom. The molecule has 0 aromatic heterocycles. The van der Waals surface area contributed by atoms with Crippen molar-refractivity contribution in [1.82, 2.24) is 0 Å². The summed E-state index contributed by atoms with van der Waals surface area (Å²) in [7, 11) is 0. The highest BCUT2D eigenvalue weighted by Crippen LogP contribution is 1.88. The van der Waals surface area contributed by atoms with E-state index in [2.05, 4.69) is 6.58 Å². The van der Waals surface area contributed by atoms with Crippen molar-refractivity contribution < 1.29 is 9.84 Å². The molecule has 0 spiro atoms. The Labute approximate surface area is 49.8 Å². The monoisotopic (exact) mass is 115 g/mol. The lowest BCUT2D eigenvalue weighted by Gasteiger charge is -2.11. The van der Waals surface area contributed by atoms with Crippen molar-refractivity contribution in [3.63, 3.8) is 0 Å². The average molecular weight is 115 g/mol. The minimum Gasteiger partial charge on any atom is -0.874 e. The fourth-order valence-electron chi connectivity index (χ4n) is 0.260. The fraction of sp³-hybridized carbons (Fsp3) is 0.667. The zero-order chi connectivity index (χ0) is 6.57. The lowest BCUT2D eigenvalue weighted by Crippen LogP contribution is -2.12. The molecule has 0 atom stereocenters. The van der Waals surface area contributed by atoms with E-state index < -0.39 is 0 Å². The third kappa shape index (κ3) is 5.50. The Kier molecular flexibility index (Phi) is 3.28. The van der Waals surface area contributed by atoms with Crippen molar-refractivity contribution in [2.75, 3.05) is 6.61 Å². The van der Waals surface area contributed by atoms with Crippen molar-refractivity contribution in [3.05, 3.63) is 12.3 Å². The summed E-state index contributed by atoms with van der Waals surface area (Å²) in [5, 5.41) is 10.1. The molecule has 0 aliphatic heterocycles. The maximum atomic E-state index is 10.1. The SMILES string of the molecule is C=C([O-])COC(C)C. The largest absolute Gasteiger partial charge is 0.874 e. The van der Waals surface area contributed by atoms with Crippen LogP contribution < -0.4 is 5.11 Å². The molecule has 0 N–H and O–H groups in total. The fourth-order valence-corrected chi connectivity index (χ4v) is 0.260. The van der Waals surface area contributed by atoms with Gasteiger partial charge in [-0.1, -0.05) is 0 Å². The quantitative estimate of drug-likeness (QED) is 0.495. The molecule has 0 radical (unpaired) electrons. The Bertz CT molecular complexity index is 76.6. The molecule has 8 heavy (non-hydrogen) atoms. The summed E-state index contributed by atoms with van der Waals surface area (Å²) in [4.78, 5) is 0. The van der Waals surface area contributed by atoms with Crippen LogP contribution in [0.4, 0.5) is 0 Å². The van der Waals surface area contributed by atoms with Gasteiger partial charge in [-0.3, -0.25) is 0 Å². The zero-order valence-electron chi connectivity index (χ0n) is 5.31. The van der Waals surface area contributed by atoms with Crippen LogP contribution in [0.25, 0.3) is 0 Å². The number of ether oxygens (including phenoxy) is 1. The predicted octanol–water partition coefficient (Wildman–Crippen LogP) is 0.285. The molecule has 2 nitrogen and oxygen atoms in total. The summed E-state index contributed by atoms with van der Waals surface area (Å²) < 4.78 is 4.89. The van der Waals surface area contributed by atoms with Gasteiger partial charge in [0.15, 0.2) is 0 Å². The van der Waals surface area contributed by atoms with Gasteiger partial charge in [0.2, 0.25) is 0 Å². The number of rotatable bonds is 3. The third-order valence-corrected chi connectivity index (χ3v) is 0.578. The van der Waals surface area contributed by atoms with Crippen molar-refractivity contribution >= 4 is 0 Å². The van der Waals surface area contributed by atoms with Crippen molar-refractivity contribution in [1.29, 1.82) is 0 Å². The topological polar surface area (TPSA) is 32.3 Å². The summed E-state index contributed by atoms with van der Waals surface area (Å²) >= 11 is 0. The minimum absolute atomic E-state index is 0.126. The van der Waals surface area contributed by atoms with E-state index in [1.807, 2.05) is 13.8 Å². The van der Waals surface area contributed by atoms with Gasteiger partial charge >= 0.3 is 0 Å². The second-order valence-electron chi connectivity index (χ2n) is 1.90. The van der Waals surface area contributed by atoms with E-state index in [0.717, 1.165) is 0 Å². The normalized spacial score (nSPS) is 9.88. The van der Waals surface area contributed by atoms with Gasteiger partial charge in [-0.05, 0) is 13.8 Å². The second-order valence-corrected chi connectivity index (χ2v) is 1.90. The van der Waals surface area contributed by atoms with E-state index in [1.165, 1.54) is 0 Å². The number of hydrogen-bond acceptors (Lipinski definition) is 2. The molecule has 0 aromatic rings. The number of hydrogen-bond donors (Lipinski definition) is 0. The van der Waals surface area contributed by atoms with Crippen LogP contribution in [0.15, 0.2) is 12.3 Å². The van der Waals surface area contributed by atoms with Gasteiger partial charge in [-0.25, -0.2) is 0 Å². The molecule has 0 saturated heterocycles. The van der Waals surface area contributed by atoms with E-state index in [9.17, 15) is 5.11 Å². The molecule has 48 valence electrons. The lowest BCUT2D eigenvalue weighted by molar-refractivity contribution is -0.312. The van der Waals surface area contributed by atoms with E-state index in [1.54, 1.807) is 0 Å². The Morgan fingerprint density at radius 3 is 2.38 bits per heavy atom. The van der Waals surface area contributed by atoms with Crippen molar-refractivity contribution in [2.24, 2.45) is 0 Å². The summed E-state index contributed by atoms with van der Waals surface area (Å²) in [5.41, 5.74) is 0. The van der Waals surface area contributed by atoms with Gasteiger partial charge in [0.05, 0.1) is 12.7 Å². The van der Waals surface area contributed by atoms with E-state index in [4.69, 9.17) is 4.74 Å². The van der Waals surface area contributed by atoms with E-state index >= 15 is 0 Å². The Balaban J connectivity index is 3.05. The molecule has 0 aliphatic rings. The molecule has 2 heteroatoms. The molecule has 0 rings (SSSR count).